The van der Waals surface area contributed by atoms with Crippen LogP contribution in [0.5, 0.6) is 5.75 Å². The first-order valence-corrected chi connectivity index (χ1v) is 7.11. The van der Waals surface area contributed by atoms with E-state index in [1.807, 2.05) is 24.3 Å². The standard InChI is InChI=1S/C16H21N3O2/c1-11(2)13-5-3-4-6-14(13)21-10-15-18-12(7-8-17)9-16(20)19-15/h3-6,9,11H,7-8,10,17H2,1-2H3,(H,18,19,20). The molecule has 1 aromatic carbocycles. The Morgan fingerprint density at radius 1 is 1.33 bits per heavy atom. The molecule has 0 fully saturated rings. The van der Waals surface area contributed by atoms with E-state index in [1.165, 1.54) is 6.07 Å². The zero-order valence-corrected chi connectivity index (χ0v) is 12.4. The van der Waals surface area contributed by atoms with Gasteiger partial charge in [-0.15, -0.1) is 0 Å². The van der Waals surface area contributed by atoms with E-state index in [4.69, 9.17) is 10.5 Å². The maximum Gasteiger partial charge on any atom is 0.251 e. The van der Waals surface area contributed by atoms with Crippen LogP contribution in [0.2, 0.25) is 0 Å². The van der Waals surface area contributed by atoms with Crippen molar-refractivity contribution < 1.29 is 4.74 Å². The number of ether oxygens (including phenoxy) is 1. The molecule has 5 heteroatoms. The summed E-state index contributed by atoms with van der Waals surface area (Å²) in [5.74, 6) is 1.71. The molecule has 0 spiro atoms. The maximum absolute atomic E-state index is 11.6. The van der Waals surface area contributed by atoms with Crippen LogP contribution in [0.15, 0.2) is 35.1 Å². The molecule has 0 aliphatic carbocycles. The molecule has 3 N–H and O–H groups in total. The third-order valence-electron chi connectivity index (χ3n) is 3.15. The van der Waals surface area contributed by atoms with Gasteiger partial charge in [0.05, 0.1) is 0 Å². The van der Waals surface area contributed by atoms with Crippen molar-refractivity contribution >= 4 is 0 Å². The first-order valence-electron chi connectivity index (χ1n) is 7.11. The van der Waals surface area contributed by atoms with Gasteiger partial charge in [0.25, 0.3) is 5.56 Å². The molecule has 112 valence electrons. The third kappa shape index (κ3) is 4.16. The SMILES string of the molecule is CC(C)c1ccccc1OCc1nc(CCN)cc(=O)[nH]1. The fourth-order valence-electron chi connectivity index (χ4n) is 2.14. The Hall–Kier alpha value is -2.14. The second kappa shape index (κ2) is 7.04. The number of aromatic nitrogens is 2. The van der Waals surface area contributed by atoms with Crippen LogP contribution in [0.1, 0.15) is 36.8 Å². The molecule has 0 aliphatic rings. The van der Waals surface area contributed by atoms with Crippen molar-refractivity contribution in [2.75, 3.05) is 6.54 Å². The van der Waals surface area contributed by atoms with E-state index in [0.717, 1.165) is 11.3 Å². The summed E-state index contributed by atoms with van der Waals surface area (Å²) in [6.07, 6.45) is 0.583. The zero-order valence-electron chi connectivity index (χ0n) is 12.4. The van der Waals surface area contributed by atoms with Crippen molar-refractivity contribution in [1.29, 1.82) is 0 Å². The Labute approximate surface area is 124 Å². The van der Waals surface area contributed by atoms with Gasteiger partial charge in [-0.05, 0) is 24.1 Å². The molecule has 5 nitrogen and oxygen atoms in total. The number of nitrogens with one attached hydrogen (secondary N) is 1. The summed E-state index contributed by atoms with van der Waals surface area (Å²) >= 11 is 0. The number of hydrogen-bond donors (Lipinski definition) is 2. The summed E-state index contributed by atoms with van der Waals surface area (Å²) < 4.78 is 5.81. The smallest absolute Gasteiger partial charge is 0.251 e. The molecule has 2 rings (SSSR count). The average molecular weight is 287 g/mol. The molecule has 1 aromatic heterocycles. The van der Waals surface area contributed by atoms with Gasteiger partial charge in [0.15, 0.2) is 0 Å². The molecule has 21 heavy (non-hydrogen) atoms. The van der Waals surface area contributed by atoms with Crippen molar-refractivity contribution in [3.63, 3.8) is 0 Å². The van der Waals surface area contributed by atoms with Crippen LogP contribution in [0, 0.1) is 0 Å². The van der Waals surface area contributed by atoms with E-state index in [1.54, 1.807) is 0 Å². The fraction of sp³-hybridized carbons (Fsp3) is 0.375. The van der Waals surface area contributed by atoms with Gasteiger partial charge < -0.3 is 15.5 Å². The summed E-state index contributed by atoms with van der Waals surface area (Å²) in [6.45, 7) is 4.93. The molecule has 2 aromatic rings. The predicted octanol–water partition coefficient (Wildman–Crippen LogP) is 1.97. The number of hydrogen-bond acceptors (Lipinski definition) is 4. The van der Waals surface area contributed by atoms with Crippen molar-refractivity contribution in [1.82, 2.24) is 9.97 Å². The minimum absolute atomic E-state index is 0.177. The predicted molar refractivity (Wildman–Crippen MR) is 82.5 cm³/mol. The Balaban J connectivity index is 2.15. The van der Waals surface area contributed by atoms with Gasteiger partial charge in [-0.3, -0.25) is 4.79 Å². The van der Waals surface area contributed by atoms with Crippen molar-refractivity contribution in [2.45, 2.75) is 32.8 Å². The summed E-state index contributed by atoms with van der Waals surface area (Å²) in [6, 6.07) is 9.36. The lowest BCUT2D eigenvalue weighted by atomic mass is 10.0. The van der Waals surface area contributed by atoms with Crippen molar-refractivity contribution in [2.24, 2.45) is 5.73 Å². The van der Waals surface area contributed by atoms with Gasteiger partial charge in [0, 0.05) is 18.2 Å². The molecule has 0 bridgehead atoms. The number of rotatable bonds is 6. The largest absolute Gasteiger partial charge is 0.485 e. The first-order chi connectivity index (χ1) is 10.1. The highest BCUT2D eigenvalue weighted by molar-refractivity contribution is 5.35. The van der Waals surface area contributed by atoms with E-state index in [0.29, 0.717) is 30.4 Å². The molecule has 0 unspecified atom stereocenters. The lowest BCUT2D eigenvalue weighted by Gasteiger charge is -2.13. The van der Waals surface area contributed by atoms with Crippen LogP contribution < -0.4 is 16.0 Å². The molecule has 0 saturated heterocycles. The molecule has 0 amide bonds. The topological polar surface area (TPSA) is 81.0 Å². The molecular formula is C16H21N3O2. The fourth-order valence-corrected chi connectivity index (χ4v) is 2.14. The Bertz CT molecular complexity index is 650. The summed E-state index contributed by atoms with van der Waals surface area (Å²) in [7, 11) is 0. The number of aromatic amines is 1. The molecule has 0 aliphatic heterocycles. The Morgan fingerprint density at radius 2 is 2.10 bits per heavy atom. The van der Waals surface area contributed by atoms with E-state index < -0.39 is 0 Å². The van der Waals surface area contributed by atoms with Gasteiger partial charge in [-0.25, -0.2) is 4.98 Å². The zero-order chi connectivity index (χ0) is 15.2. The van der Waals surface area contributed by atoms with E-state index in [2.05, 4.69) is 23.8 Å². The highest BCUT2D eigenvalue weighted by atomic mass is 16.5. The molecular weight excluding hydrogens is 266 g/mol. The van der Waals surface area contributed by atoms with Crippen LogP contribution in [-0.4, -0.2) is 16.5 Å². The molecule has 0 radical (unpaired) electrons. The van der Waals surface area contributed by atoms with Gasteiger partial charge in [0.1, 0.15) is 18.2 Å². The van der Waals surface area contributed by atoms with Gasteiger partial charge in [-0.2, -0.15) is 0 Å². The second-order valence-electron chi connectivity index (χ2n) is 5.20. The quantitative estimate of drug-likeness (QED) is 0.851. The number of H-pyrrole nitrogens is 1. The number of para-hydroxylation sites is 1. The summed E-state index contributed by atoms with van der Waals surface area (Å²) in [5, 5.41) is 0. The third-order valence-corrected chi connectivity index (χ3v) is 3.15. The normalized spacial score (nSPS) is 10.9. The van der Waals surface area contributed by atoms with Crippen LogP contribution in [0.4, 0.5) is 0 Å². The minimum atomic E-state index is -0.177. The maximum atomic E-state index is 11.6. The van der Waals surface area contributed by atoms with Crippen LogP contribution in [-0.2, 0) is 13.0 Å². The highest BCUT2D eigenvalue weighted by Crippen LogP contribution is 2.26. The lowest BCUT2D eigenvalue weighted by Crippen LogP contribution is -2.16. The second-order valence-corrected chi connectivity index (χ2v) is 5.20. The van der Waals surface area contributed by atoms with Gasteiger partial charge >= 0.3 is 0 Å². The van der Waals surface area contributed by atoms with Crippen LogP contribution in [0.25, 0.3) is 0 Å². The van der Waals surface area contributed by atoms with E-state index >= 15 is 0 Å². The Morgan fingerprint density at radius 3 is 2.81 bits per heavy atom. The van der Waals surface area contributed by atoms with Crippen LogP contribution in [0.3, 0.4) is 0 Å². The van der Waals surface area contributed by atoms with Crippen molar-refractivity contribution in [3.8, 4) is 5.75 Å². The highest BCUT2D eigenvalue weighted by Gasteiger charge is 2.08. The van der Waals surface area contributed by atoms with Crippen LogP contribution >= 0.6 is 0 Å². The minimum Gasteiger partial charge on any atom is -0.485 e. The number of benzene rings is 1. The van der Waals surface area contributed by atoms with Gasteiger partial charge in [-0.1, -0.05) is 32.0 Å². The number of nitrogens with two attached hydrogens (primary N) is 1. The van der Waals surface area contributed by atoms with E-state index in [9.17, 15) is 4.79 Å². The first kappa shape index (κ1) is 15.3. The number of nitrogens with zero attached hydrogens (tertiary/aromatic N) is 1. The lowest BCUT2D eigenvalue weighted by molar-refractivity contribution is 0.291. The molecule has 1 heterocycles. The molecule has 0 saturated carbocycles. The van der Waals surface area contributed by atoms with Gasteiger partial charge in [0.2, 0.25) is 0 Å². The van der Waals surface area contributed by atoms with Crippen molar-refractivity contribution in [3.05, 3.63) is 57.8 Å². The summed E-state index contributed by atoms with van der Waals surface area (Å²) in [4.78, 5) is 18.6. The Kier molecular flexibility index (Phi) is 5.11. The summed E-state index contributed by atoms with van der Waals surface area (Å²) in [5.41, 5.74) is 7.15. The average Bonchev–Trinajstić information content (AvgIpc) is 2.45. The van der Waals surface area contributed by atoms with E-state index in [-0.39, 0.29) is 12.2 Å². The monoisotopic (exact) mass is 287 g/mol. The molecule has 0 atom stereocenters.